The molecule has 7 heteroatoms. The zero-order chi connectivity index (χ0) is 15.4. The average molecular weight is 357 g/mol. The number of anilines is 1. The first kappa shape index (κ1) is 15.4. The van der Waals surface area contributed by atoms with Gasteiger partial charge in [0, 0.05) is 16.7 Å². The van der Waals surface area contributed by atoms with Crippen LogP contribution in [0.4, 0.5) is 14.5 Å². The van der Waals surface area contributed by atoms with E-state index >= 15 is 0 Å². The van der Waals surface area contributed by atoms with Crippen molar-refractivity contribution in [3.05, 3.63) is 57.8 Å². The van der Waals surface area contributed by atoms with Gasteiger partial charge in [-0.15, -0.1) is 0 Å². The van der Waals surface area contributed by atoms with Crippen LogP contribution in [0.5, 0.6) is 0 Å². The number of hydrogen-bond donors (Lipinski definition) is 1. The number of ether oxygens (including phenoxy) is 1. The molecule has 0 radical (unpaired) electrons. The Morgan fingerprint density at radius 2 is 2.14 bits per heavy atom. The van der Waals surface area contributed by atoms with Crippen LogP contribution in [0, 0.1) is 11.6 Å². The summed E-state index contributed by atoms with van der Waals surface area (Å²) < 4.78 is 31.4. The van der Waals surface area contributed by atoms with Gasteiger partial charge in [-0.2, -0.15) is 0 Å². The quantitative estimate of drug-likeness (QED) is 0.851. The lowest BCUT2D eigenvalue weighted by Gasteiger charge is -2.10. The van der Waals surface area contributed by atoms with Gasteiger partial charge in [0.15, 0.2) is 0 Å². The molecule has 0 saturated carbocycles. The van der Waals surface area contributed by atoms with Crippen LogP contribution in [0.1, 0.15) is 16.1 Å². The molecular formula is C14H11BrF2N2O2. The summed E-state index contributed by atoms with van der Waals surface area (Å²) in [5.41, 5.74) is 1.07. The van der Waals surface area contributed by atoms with E-state index in [2.05, 4.69) is 31.0 Å². The first-order chi connectivity index (χ1) is 10.0. The molecule has 0 fully saturated rings. The highest BCUT2D eigenvalue weighted by atomic mass is 79.9. The molecule has 0 aliphatic carbocycles. The standard InChI is InChI=1S/C14H11BrF2N2O2/c1-21-14(20)8-2-3-10(18-6-8)7-19-13-11(15)4-9(16)5-12(13)17/h2-6,19H,7H2,1H3. The minimum Gasteiger partial charge on any atom is -0.465 e. The molecule has 1 heterocycles. The summed E-state index contributed by atoms with van der Waals surface area (Å²) in [5, 5.41) is 2.82. The van der Waals surface area contributed by atoms with Crippen molar-refractivity contribution >= 4 is 27.6 Å². The van der Waals surface area contributed by atoms with Gasteiger partial charge in [0.25, 0.3) is 0 Å². The molecule has 0 bridgehead atoms. The third-order valence-electron chi connectivity index (χ3n) is 2.70. The summed E-state index contributed by atoms with van der Waals surface area (Å²) >= 11 is 3.09. The van der Waals surface area contributed by atoms with Gasteiger partial charge in [-0.05, 0) is 34.1 Å². The van der Waals surface area contributed by atoms with E-state index in [9.17, 15) is 13.6 Å². The Morgan fingerprint density at radius 3 is 2.71 bits per heavy atom. The van der Waals surface area contributed by atoms with Crippen LogP contribution < -0.4 is 5.32 Å². The number of carbonyl (C=O) groups excluding carboxylic acids is 1. The third kappa shape index (κ3) is 3.75. The number of esters is 1. The highest BCUT2D eigenvalue weighted by Gasteiger charge is 2.10. The second-order valence-corrected chi connectivity index (χ2v) is 4.98. The van der Waals surface area contributed by atoms with Crippen molar-refractivity contribution in [3.63, 3.8) is 0 Å². The zero-order valence-corrected chi connectivity index (χ0v) is 12.6. The normalized spacial score (nSPS) is 10.3. The molecule has 0 atom stereocenters. The molecule has 0 unspecified atom stereocenters. The minimum atomic E-state index is -0.701. The van der Waals surface area contributed by atoms with Crippen molar-refractivity contribution in [1.82, 2.24) is 4.98 Å². The topological polar surface area (TPSA) is 51.2 Å². The molecule has 0 amide bonds. The number of methoxy groups -OCH3 is 1. The Morgan fingerprint density at radius 1 is 1.38 bits per heavy atom. The van der Waals surface area contributed by atoms with E-state index in [0.29, 0.717) is 11.3 Å². The van der Waals surface area contributed by atoms with Gasteiger partial charge in [0.2, 0.25) is 0 Å². The predicted octanol–water partition coefficient (Wildman–Crippen LogP) is 3.52. The van der Waals surface area contributed by atoms with E-state index in [0.717, 1.165) is 6.07 Å². The number of halogens is 3. The first-order valence-electron chi connectivity index (χ1n) is 5.93. The van der Waals surface area contributed by atoms with E-state index in [4.69, 9.17) is 0 Å². The molecule has 1 aromatic carbocycles. The molecule has 0 aliphatic heterocycles. The third-order valence-corrected chi connectivity index (χ3v) is 3.32. The van der Waals surface area contributed by atoms with Gasteiger partial charge >= 0.3 is 5.97 Å². The molecule has 1 aromatic heterocycles. The summed E-state index contributed by atoms with van der Waals surface area (Å²) in [6.07, 6.45) is 1.37. The molecule has 0 spiro atoms. The molecule has 2 rings (SSSR count). The minimum absolute atomic E-state index is 0.148. The van der Waals surface area contributed by atoms with Crippen LogP contribution >= 0.6 is 15.9 Å². The number of nitrogens with zero attached hydrogens (tertiary/aromatic N) is 1. The Labute approximate surface area is 128 Å². The zero-order valence-electron chi connectivity index (χ0n) is 11.0. The van der Waals surface area contributed by atoms with Crippen molar-refractivity contribution in [2.45, 2.75) is 6.54 Å². The highest BCUT2D eigenvalue weighted by molar-refractivity contribution is 9.10. The lowest BCUT2D eigenvalue weighted by molar-refractivity contribution is 0.0600. The van der Waals surface area contributed by atoms with E-state index in [-0.39, 0.29) is 16.7 Å². The monoisotopic (exact) mass is 356 g/mol. The molecule has 1 N–H and O–H groups in total. The molecule has 4 nitrogen and oxygen atoms in total. The Hall–Kier alpha value is -2.02. The second kappa shape index (κ2) is 6.62. The number of hydrogen-bond acceptors (Lipinski definition) is 4. The largest absolute Gasteiger partial charge is 0.465 e. The fourth-order valence-corrected chi connectivity index (χ4v) is 2.21. The molecule has 0 saturated heterocycles. The van der Waals surface area contributed by atoms with Crippen molar-refractivity contribution in [2.24, 2.45) is 0 Å². The van der Waals surface area contributed by atoms with Crippen LogP contribution in [0.25, 0.3) is 0 Å². The summed E-state index contributed by atoms with van der Waals surface area (Å²) in [6, 6.07) is 5.14. The predicted molar refractivity (Wildman–Crippen MR) is 77.0 cm³/mol. The van der Waals surface area contributed by atoms with E-state index in [1.54, 1.807) is 12.1 Å². The second-order valence-electron chi connectivity index (χ2n) is 4.13. The van der Waals surface area contributed by atoms with E-state index in [1.165, 1.54) is 19.4 Å². The number of aromatic nitrogens is 1. The van der Waals surface area contributed by atoms with Crippen LogP contribution in [0.15, 0.2) is 34.9 Å². The number of benzene rings is 1. The summed E-state index contributed by atoms with van der Waals surface area (Å²) in [4.78, 5) is 15.3. The molecule has 2 aromatic rings. The Bertz CT molecular complexity index is 640. The maximum absolute atomic E-state index is 13.6. The van der Waals surface area contributed by atoms with Gasteiger partial charge in [0.05, 0.1) is 30.6 Å². The Balaban J connectivity index is 2.08. The fraction of sp³-hybridized carbons (Fsp3) is 0.143. The van der Waals surface area contributed by atoms with Crippen LogP contribution in [-0.2, 0) is 11.3 Å². The number of nitrogens with one attached hydrogen (secondary N) is 1. The van der Waals surface area contributed by atoms with Crippen molar-refractivity contribution in [1.29, 1.82) is 0 Å². The SMILES string of the molecule is COC(=O)c1ccc(CNc2c(F)cc(F)cc2Br)nc1. The van der Waals surface area contributed by atoms with Crippen LogP contribution in [-0.4, -0.2) is 18.1 Å². The van der Waals surface area contributed by atoms with Gasteiger partial charge in [-0.1, -0.05) is 0 Å². The number of pyridine rings is 1. The van der Waals surface area contributed by atoms with Crippen LogP contribution in [0.2, 0.25) is 0 Å². The maximum atomic E-state index is 13.6. The highest BCUT2D eigenvalue weighted by Crippen LogP contribution is 2.27. The van der Waals surface area contributed by atoms with Gasteiger partial charge in [0.1, 0.15) is 11.6 Å². The van der Waals surface area contributed by atoms with E-state index < -0.39 is 17.6 Å². The van der Waals surface area contributed by atoms with Gasteiger partial charge in [-0.3, -0.25) is 4.98 Å². The molecule has 0 aliphatic rings. The van der Waals surface area contributed by atoms with Crippen molar-refractivity contribution in [3.8, 4) is 0 Å². The lowest BCUT2D eigenvalue weighted by atomic mass is 10.2. The molecule has 21 heavy (non-hydrogen) atoms. The summed E-state index contributed by atoms with van der Waals surface area (Å²) in [6.45, 7) is 0.225. The van der Waals surface area contributed by atoms with Gasteiger partial charge in [-0.25, -0.2) is 13.6 Å². The lowest BCUT2D eigenvalue weighted by Crippen LogP contribution is -2.06. The van der Waals surface area contributed by atoms with Crippen LogP contribution in [0.3, 0.4) is 0 Å². The molecule has 110 valence electrons. The molecular weight excluding hydrogens is 346 g/mol. The van der Waals surface area contributed by atoms with Crippen molar-refractivity contribution < 1.29 is 18.3 Å². The fourth-order valence-electron chi connectivity index (χ4n) is 1.66. The maximum Gasteiger partial charge on any atom is 0.339 e. The summed E-state index contributed by atoms with van der Waals surface area (Å²) in [7, 11) is 1.28. The number of carbonyl (C=O) groups is 1. The van der Waals surface area contributed by atoms with E-state index in [1.807, 2.05) is 0 Å². The number of rotatable bonds is 4. The summed E-state index contributed by atoms with van der Waals surface area (Å²) in [5.74, 6) is -1.84. The van der Waals surface area contributed by atoms with Crippen molar-refractivity contribution in [2.75, 3.05) is 12.4 Å². The smallest absolute Gasteiger partial charge is 0.339 e. The average Bonchev–Trinajstić information content (AvgIpc) is 2.46. The Kier molecular flexibility index (Phi) is 4.85. The first-order valence-corrected chi connectivity index (χ1v) is 6.72. The van der Waals surface area contributed by atoms with Gasteiger partial charge < -0.3 is 10.1 Å².